The summed E-state index contributed by atoms with van der Waals surface area (Å²) < 4.78 is 5.64. The van der Waals surface area contributed by atoms with Gasteiger partial charge in [-0.2, -0.15) is 0 Å². The number of benzene rings is 1. The van der Waals surface area contributed by atoms with E-state index in [4.69, 9.17) is 16.3 Å². The molecule has 1 aromatic carbocycles. The zero-order chi connectivity index (χ0) is 13.5. The maximum atomic E-state index is 5.92. The smallest absolute Gasteiger partial charge is 0.0893 e. The third-order valence-electron chi connectivity index (χ3n) is 2.61. The summed E-state index contributed by atoms with van der Waals surface area (Å²) in [5, 5.41) is 3.98. The Morgan fingerprint density at radius 1 is 1.21 bits per heavy atom. The number of nitrogens with zero attached hydrogens (tertiary/aromatic N) is 1. The lowest BCUT2D eigenvalue weighted by Gasteiger charge is -2.07. The van der Waals surface area contributed by atoms with Gasteiger partial charge in [-0.05, 0) is 36.8 Å². The minimum Gasteiger partial charge on any atom is -0.385 e. The first kappa shape index (κ1) is 13.8. The normalized spacial score (nSPS) is 10.4. The molecule has 1 aromatic heterocycles. The summed E-state index contributed by atoms with van der Waals surface area (Å²) in [6, 6.07) is 11.6. The number of pyridine rings is 1. The van der Waals surface area contributed by atoms with Crippen LogP contribution in [0.3, 0.4) is 0 Å². The summed E-state index contributed by atoms with van der Waals surface area (Å²) in [7, 11) is 0. The molecule has 0 radical (unpaired) electrons. The van der Waals surface area contributed by atoms with Crippen LogP contribution in [0, 0.1) is 0 Å². The number of aromatic nitrogens is 1. The number of hydrogen-bond acceptors (Lipinski definition) is 3. The number of hydrogen-bond donors (Lipinski definition) is 1. The Morgan fingerprint density at radius 3 is 2.89 bits per heavy atom. The number of halogens is 1. The van der Waals surface area contributed by atoms with Crippen molar-refractivity contribution in [3.63, 3.8) is 0 Å². The van der Waals surface area contributed by atoms with Crippen LogP contribution in [-0.2, 0) is 18.0 Å². The summed E-state index contributed by atoms with van der Waals surface area (Å²) >= 11 is 5.92. The standard InChI is InChI=1S/C15H17ClN2O/c1-2-17-14-6-7-18-15(9-14)11-19-10-12-4-3-5-13(16)8-12/h3-9H,2,10-11H2,1H3,(H,17,18). The molecule has 0 aliphatic rings. The number of ether oxygens (including phenoxy) is 1. The molecule has 0 spiro atoms. The van der Waals surface area contributed by atoms with Crippen molar-refractivity contribution in [3.05, 3.63) is 58.9 Å². The topological polar surface area (TPSA) is 34.2 Å². The third-order valence-corrected chi connectivity index (χ3v) is 2.84. The second kappa shape index (κ2) is 7.12. The fraction of sp³-hybridized carbons (Fsp3) is 0.267. The Hall–Kier alpha value is -1.58. The zero-order valence-corrected chi connectivity index (χ0v) is 11.7. The summed E-state index contributed by atoms with van der Waals surface area (Å²) in [6.45, 7) is 3.99. The van der Waals surface area contributed by atoms with Crippen LogP contribution >= 0.6 is 11.6 Å². The van der Waals surface area contributed by atoms with E-state index in [9.17, 15) is 0 Å². The van der Waals surface area contributed by atoms with Crippen molar-refractivity contribution in [3.8, 4) is 0 Å². The van der Waals surface area contributed by atoms with Crippen molar-refractivity contribution >= 4 is 17.3 Å². The number of rotatable bonds is 6. The Bertz CT molecular complexity index is 531. The lowest BCUT2D eigenvalue weighted by atomic mass is 10.2. The van der Waals surface area contributed by atoms with Crippen molar-refractivity contribution in [2.24, 2.45) is 0 Å². The molecule has 2 aromatic rings. The van der Waals surface area contributed by atoms with Crippen LogP contribution in [0.25, 0.3) is 0 Å². The number of nitrogens with one attached hydrogen (secondary N) is 1. The van der Waals surface area contributed by atoms with Crippen LogP contribution in [0.1, 0.15) is 18.2 Å². The highest BCUT2D eigenvalue weighted by Crippen LogP contribution is 2.13. The first-order valence-electron chi connectivity index (χ1n) is 6.29. The van der Waals surface area contributed by atoms with E-state index < -0.39 is 0 Å². The van der Waals surface area contributed by atoms with Crippen molar-refractivity contribution in [1.29, 1.82) is 0 Å². The largest absolute Gasteiger partial charge is 0.385 e. The van der Waals surface area contributed by atoms with Gasteiger partial charge in [-0.15, -0.1) is 0 Å². The van der Waals surface area contributed by atoms with Gasteiger partial charge >= 0.3 is 0 Å². The highest BCUT2D eigenvalue weighted by atomic mass is 35.5. The molecule has 0 fully saturated rings. The average molecular weight is 277 g/mol. The van der Waals surface area contributed by atoms with Gasteiger partial charge in [0.1, 0.15) is 0 Å². The van der Waals surface area contributed by atoms with E-state index in [0.717, 1.165) is 28.5 Å². The van der Waals surface area contributed by atoms with E-state index in [1.165, 1.54) is 0 Å². The van der Waals surface area contributed by atoms with Crippen molar-refractivity contribution in [1.82, 2.24) is 4.98 Å². The third kappa shape index (κ3) is 4.54. The van der Waals surface area contributed by atoms with E-state index in [2.05, 4.69) is 17.2 Å². The predicted molar refractivity (Wildman–Crippen MR) is 78.3 cm³/mol. The van der Waals surface area contributed by atoms with Gasteiger partial charge in [0.2, 0.25) is 0 Å². The fourth-order valence-electron chi connectivity index (χ4n) is 1.77. The zero-order valence-electron chi connectivity index (χ0n) is 10.9. The Balaban J connectivity index is 1.87. The molecule has 0 aliphatic heterocycles. The highest BCUT2D eigenvalue weighted by molar-refractivity contribution is 6.30. The monoisotopic (exact) mass is 276 g/mol. The lowest BCUT2D eigenvalue weighted by Crippen LogP contribution is -2.00. The molecule has 0 bridgehead atoms. The quantitative estimate of drug-likeness (QED) is 0.869. The SMILES string of the molecule is CCNc1ccnc(COCc2cccc(Cl)c2)c1. The number of anilines is 1. The van der Waals surface area contributed by atoms with Crippen LogP contribution in [0.5, 0.6) is 0 Å². The molecular weight excluding hydrogens is 260 g/mol. The molecule has 0 aliphatic carbocycles. The second-order valence-corrected chi connectivity index (χ2v) is 4.63. The Kier molecular flexibility index (Phi) is 5.19. The average Bonchev–Trinajstić information content (AvgIpc) is 2.40. The molecule has 0 atom stereocenters. The summed E-state index contributed by atoms with van der Waals surface area (Å²) in [6.07, 6.45) is 1.79. The fourth-order valence-corrected chi connectivity index (χ4v) is 1.98. The van der Waals surface area contributed by atoms with Crippen molar-refractivity contribution in [2.75, 3.05) is 11.9 Å². The van der Waals surface area contributed by atoms with Gasteiger partial charge in [-0.1, -0.05) is 23.7 Å². The molecule has 0 amide bonds. The molecule has 0 unspecified atom stereocenters. The summed E-state index contributed by atoms with van der Waals surface area (Å²) in [4.78, 5) is 4.28. The molecule has 2 rings (SSSR count). The Morgan fingerprint density at radius 2 is 2.11 bits per heavy atom. The van der Waals surface area contributed by atoms with Crippen molar-refractivity contribution in [2.45, 2.75) is 20.1 Å². The minimum atomic E-state index is 0.492. The Labute approximate surface area is 118 Å². The van der Waals surface area contributed by atoms with Gasteiger partial charge in [0.05, 0.1) is 18.9 Å². The van der Waals surface area contributed by atoms with Gasteiger partial charge < -0.3 is 10.1 Å². The molecule has 1 heterocycles. The van der Waals surface area contributed by atoms with E-state index in [1.807, 2.05) is 36.4 Å². The van der Waals surface area contributed by atoms with E-state index in [-0.39, 0.29) is 0 Å². The van der Waals surface area contributed by atoms with Gasteiger partial charge in [0.25, 0.3) is 0 Å². The summed E-state index contributed by atoms with van der Waals surface area (Å²) in [5.41, 5.74) is 3.05. The molecule has 100 valence electrons. The van der Waals surface area contributed by atoms with Gasteiger partial charge in [0, 0.05) is 23.5 Å². The van der Waals surface area contributed by atoms with Crippen LogP contribution < -0.4 is 5.32 Å². The van der Waals surface area contributed by atoms with Crippen LogP contribution in [-0.4, -0.2) is 11.5 Å². The van der Waals surface area contributed by atoms with Crippen LogP contribution in [0.15, 0.2) is 42.6 Å². The van der Waals surface area contributed by atoms with Gasteiger partial charge in [0.15, 0.2) is 0 Å². The maximum absolute atomic E-state index is 5.92. The second-order valence-electron chi connectivity index (χ2n) is 4.19. The predicted octanol–water partition coefficient (Wildman–Crippen LogP) is 3.88. The van der Waals surface area contributed by atoms with Gasteiger partial charge in [-0.3, -0.25) is 4.98 Å². The van der Waals surface area contributed by atoms with Gasteiger partial charge in [-0.25, -0.2) is 0 Å². The lowest BCUT2D eigenvalue weighted by molar-refractivity contribution is 0.104. The van der Waals surface area contributed by atoms with Crippen molar-refractivity contribution < 1.29 is 4.74 Å². The van der Waals surface area contributed by atoms with E-state index in [0.29, 0.717) is 13.2 Å². The van der Waals surface area contributed by atoms with Crippen LogP contribution in [0.4, 0.5) is 5.69 Å². The maximum Gasteiger partial charge on any atom is 0.0893 e. The molecule has 3 nitrogen and oxygen atoms in total. The van der Waals surface area contributed by atoms with E-state index >= 15 is 0 Å². The first-order valence-corrected chi connectivity index (χ1v) is 6.66. The van der Waals surface area contributed by atoms with Crippen LogP contribution in [0.2, 0.25) is 5.02 Å². The molecular formula is C15H17ClN2O. The molecule has 19 heavy (non-hydrogen) atoms. The first-order chi connectivity index (χ1) is 9.28. The minimum absolute atomic E-state index is 0.492. The summed E-state index contributed by atoms with van der Waals surface area (Å²) in [5.74, 6) is 0. The molecule has 1 N–H and O–H groups in total. The molecule has 0 saturated carbocycles. The highest BCUT2D eigenvalue weighted by Gasteiger charge is 1.99. The molecule has 0 saturated heterocycles. The molecule has 4 heteroatoms. The van der Waals surface area contributed by atoms with E-state index in [1.54, 1.807) is 6.20 Å².